The van der Waals surface area contributed by atoms with Crippen LogP contribution in [0.2, 0.25) is 0 Å². The fourth-order valence-corrected chi connectivity index (χ4v) is 7.71. The summed E-state index contributed by atoms with van der Waals surface area (Å²) < 4.78 is 17.8. The number of carbonyl (C=O) groups excluding carboxylic acids is 3. The average molecular weight is 671 g/mol. The zero-order chi connectivity index (χ0) is 34.9. The van der Waals surface area contributed by atoms with Crippen LogP contribution in [0.4, 0.5) is 5.69 Å². The van der Waals surface area contributed by atoms with Crippen LogP contribution in [-0.2, 0) is 27.1 Å². The van der Waals surface area contributed by atoms with Crippen molar-refractivity contribution in [1.29, 1.82) is 0 Å². The SMILES string of the molecule is COc1cccc2c1C(=O)c1c(O)c3c(c(O)c1C2=O)CC(O)(C(C)=O)C[C@@H]3OC1CC(N=C(C)N2CCc3ccccc32)C(O)C(C)O1. The minimum absolute atomic E-state index is 0.0144. The van der Waals surface area contributed by atoms with Gasteiger partial charge in [-0.3, -0.25) is 19.4 Å². The molecule has 49 heavy (non-hydrogen) atoms. The van der Waals surface area contributed by atoms with Crippen molar-refractivity contribution in [3.05, 3.63) is 81.4 Å². The Labute approximate surface area is 282 Å². The van der Waals surface area contributed by atoms with E-state index in [1.807, 2.05) is 25.1 Å². The van der Waals surface area contributed by atoms with Gasteiger partial charge in [0.1, 0.15) is 34.8 Å². The van der Waals surface area contributed by atoms with Gasteiger partial charge in [-0.15, -0.1) is 0 Å². The lowest BCUT2D eigenvalue weighted by atomic mass is 9.72. The second-order valence-electron chi connectivity index (χ2n) is 13.2. The van der Waals surface area contributed by atoms with Crippen LogP contribution in [-0.4, -0.2) is 87.4 Å². The maximum absolute atomic E-state index is 13.9. The number of benzene rings is 3. The Kier molecular flexibility index (Phi) is 8.10. The first kappa shape index (κ1) is 32.9. The third kappa shape index (κ3) is 5.21. The van der Waals surface area contributed by atoms with Crippen LogP contribution in [0.3, 0.4) is 0 Å². The first-order chi connectivity index (χ1) is 23.3. The molecule has 0 aromatic heterocycles. The third-order valence-electron chi connectivity index (χ3n) is 10.4. The smallest absolute Gasteiger partial charge is 0.202 e. The molecule has 0 bridgehead atoms. The lowest BCUT2D eigenvalue weighted by Gasteiger charge is -2.42. The number of ketones is 3. The number of hydrogen-bond acceptors (Lipinski definition) is 11. The minimum Gasteiger partial charge on any atom is -0.507 e. The number of rotatable bonds is 5. The van der Waals surface area contributed by atoms with Crippen molar-refractivity contribution in [2.75, 3.05) is 18.6 Å². The van der Waals surface area contributed by atoms with Crippen molar-refractivity contribution in [3.63, 3.8) is 0 Å². The van der Waals surface area contributed by atoms with Gasteiger partial charge in [0, 0.05) is 48.2 Å². The van der Waals surface area contributed by atoms with E-state index in [0.717, 1.165) is 18.7 Å². The maximum Gasteiger partial charge on any atom is 0.202 e. The molecule has 0 saturated carbocycles. The zero-order valence-corrected chi connectivity index (χ0v) is 27.6. The molecule has 12 nitrogen and oxygen atoms in total. The van der Waals surface area contributed by atoms with Crippen LogP contribution in [0.1, 0.15) is 88.3 Å². The summed E-state index contributed by atoms with van der Waals surface area (Å²) in [7, 11) is 1.35. The molecule has 2 heterocycles. The predicted molar refractivity (Wildman–Crippen MR) is 177 cm³/mol. The molecule has 5 unspecified atom stereocenters. The van der Waals surface area contributed by atoms with E-state index in [0.29, 0.717) is 5.84 Å². The summed E-state index contributed by atoms with van der Waals surface area (Å²) in [6.07, 6.45) is -3.80. The van der Waals surface area contributed by atoms with Gasteiger partial charge in [0.2, 0.25) is 5.78 Å². The summed E-state index contributed by atoms with van der Waals surface area (Å²) in [4.78, 5) is 47.4. The number of phenols is 2. The maximum atomic E-state index is 13.9. The molecule has 0 spiro atoms. The molecule has 2 aliphatic heterocycles. The fraction of sp³-hybridized carbons (Fsp3) is 0.405. The molecular weight excluding hydrogens is 632 g/mol. The van der Waals surface area contributed by atoms with Crippen LogP contribution in [0.25, 0.3) is 0 Å². The summed E-state index contributed by atoms with van der Waals surface area (Å²) >= 11 is 0. The highest BCUT2D eigenvalue weighted by atomic mass is 16.7. The Hall–Kier alpha value is -4.62. The van der Waals surface area contributed by atoms with Gasteiger partial charge >= 0.3 is 0 Å². The summed E-state index contributed by atoms with van der Waals surface area (Å²) in [5.41, 5.74) is -0.796. The molecule has 4 N–H and O–H groups in total. The largest absolute Gasteiger partial charge is 0.507 e. The van der Waals surface area contributed by atoms with E-state index >= 15 is 0 Å². The van der Waals surface area contributed by atoms with Gasteiger partial charge in [0.25, 0.3) is 0 Å². The van der Waals surface area contributed by atoms with E-state index in [1.54, 1.807) is 6.92 Å². The number of Topliss-reactive ketones (excluding diaryl/α,β-unsaturated/α-hetero) is 1. The van der Waals surface area contributed by atoms with Crippen LogP contribution >= 0.6 is 0 Å². The highest BCUT2D eigenvalue weighted by molar-refractivity contribution is 6.31. The van der Waals surface area contributed by atoms with Gasteiger partial charge < -0.3 is 39.5 Å². The fourth-order valence-electron chi connectivity index (χ4n) is 7.71. The van der Waals surface area contributed by atoms with Crippen LogP contribution < -0.4 is 9.64 Å². The number of aliphatic hydroxyl groups excluding tert-OH is 1. The van der Waals surface area contributed by atoms with E-state index in [4.69, 9.17) is 19.2 Å². The molecule has 6 atom stereocenters. The number of hydrogen-bond donors (Lipinski definition) is 4. The van der Waals surface area contributed by atoms with E-state index in [2.05, 4.69) is 11.0 Å². The molecule has 1 fully saturated rings. The number of phenolic OH excluding ortho intramolecular Hbond substituents is 2. The minimum atomic E-state index is -2.03. The molecule has 4 aliphatic rings. The molecule has 2 aliphatic carbocycles. The van der Waals surface area contributed by atoms with E-state index in [9.17, 15) is 34.8 Å². The van der Waals surface area contributed by atoms with Crippen LogP contribution in [0, 0.1) is 0 Å². The monoisotopic (exact) mass is 670 g/mol. The standard InChI is InChI=1S/C37H38N2O10/c1-17-32(41)23(38-19(3)39-13-12-20-8-5-6-10-24(20)39)14-27(48-17)49-26-16-37(46,18(2)40)15-22-29(26)36(45)31-30(34(22)43)33(42)21-9-7-11-25(47-4)28(21)35(31)44/h5-11,17,23,26-27,32,41,43,45-46H,12-16H2,1-4H3/t17?,23?,26-,27?,32?,37?/m0/s1. The van der Waals surface area contributed by atoms with Crippen molar-refractivity contribution >= 4 is 28.9 Å². The van der Waals surface area contributed by atoms with Crippen molar-refractivity contribution < 1.29 is 49.0 Å². The number of amidine groups is 1. The van der Waals surface area contributed by atoms with Crippen molar-refractivity contribution in [1.82, 2.24) is 0 Å². The van der Waals surface area contributed by atoms with Gasteiger partial charge in [0.15, 0.2) is 17.9 Å². The van der Waals surface area contributed by atoms with Crippen molar-refractivity contribution in [3.8, 4) is 17.2 Å². The first-order valence-electron chi connectivity index (χ1n) is 16.3. The normalized spacial score (nSPS) is 27.7. The Morgan fingerprint density at radius 2 is 1.76 bits per heavy atom. The Bertz CT molecular complexity index is 1940. The highest BCUT2D eigenvalue weighted by Crippen LogP contribution is 2.52. The number of carbonyl (C=O) groups is 3. The molecule has 1 saturated heterocycles. The molecular formula is C37H38N2O10. The molecule has 3 aromatic rings. The summed E-state index contributed by atoms with van der Waals surface area (Å²) in [5, 5.41) is 46.0. The Morgan fingerprint density at radius 1 is 1.02 bits per heavy atom. The van der Waals surface area contributed by atoms with Crippen molar-refractivity contribution in [2.45, 2.75) is 82.7 Å². The molecule has 0 amide bonds. The lowest BCUT2D eigenvalue weighted by Crippen LogP contribution is -2.49. The summed E-state index contributed by atoms with van der Waals surface area (Å²) in [5.74, 6) is -2.46. The zero-order valence-electron chi connectivity index (χ0n) is 27.6. The van der Waals surface area contributed by atoms with Gasteiger partial charge in [-0.1, -0.05) is 30.3 Å². The van der Waals surface area contributed by atoms with E-state index in [-0.39, 0.29) is 40.8 Å². The Balaban J connectivity index is 1.26. The number of ether oxygens (including phenoxy) is 3. The first-order valence-corrected chi connectivity index (χ1v) is 16.3. The number of aliphatic imine (C=N–C) groups is 1. The second-order valence-corrected chi connectivity index (χ2v) is 13.2. The summed E-state index contributed by atoms with van der Waals surface area (Å²) in [6, 6.07) is 11.9. The van der Waals surface area contributed by atoms with Crippen molar-refractivity contribution in [2.24, 2.45) is 4.99 Å². The third-order valence-corrected chi connectivity index (χ3v) is 10.4. The number of aromatic hydroxyl groups is 2. The number of aliphatic hydroxyl groups is 2. The summed E-state index contributed by atoms with van der Waals surface area (Å²) in [6.45, 7) is 5.51. The predicted octanol–water partition coefficient (Wildman–Crippen LogP) is 3.55. The van der Waals surface area contributed by atoms with Crippen LogP contribution in [0.15, 0.2) is 47.5 Å². The lowest BCUT2D eigenvalue weighted by molar-refractivity contribution is -0.246. The van der Waals surface area contributed by atoms with Gasteiger partial charge in [-0.2, -0.15) is 0 Å². The van der Waals surface area contributed by atoms with Crippen LogP contribution in [0.5, 0.6) is 17.2 Å². The molecule has 3 aromatic carbocycles. The number of fused-ring (bicyclic) bond motifs is 4. The molecule has 0 radical (unpaired) electrons. The second kappa shape index (κ2) is 12.1. The van der Waals surface area contributed by atoms with Gasteiger partial charge in [-0.25, -0.2) is 0 Å². The topological polar surface area (TPSA) is 175 Å². The number of para-hydroxylation sites is 1. The average Bonchev–Trinajstić information content (AvgIpc) is 3.51. The van der Waals surface area contributed by atoms with E-state index in [1.165, 1.54) is 37.8 Å². The highest BCUT2D eigenvalue weighted by Gasteiger charge is 2.49. The number of nitrogens with zero attached hydrogens (tertiary/aromatic N) is 2. The van der Waals surface area contributed by atoms with E-state index < -0.39 is 82.6 Å². The van der Waals surface area contributed by atoms with Gasteiger partial charge in [-0.05, 0) is 44.9 Å². The number of methoxy groups -OCH3 is 1. The molecule has 7 rings (SSSR count). The Morgan fingerprint density at radius 3 is 2.49 bits per heavy atom. The van der Waals surface area contributed by atoms with Gasteiger partial charge in [0.05, 0.1) is 42.0 Å². The molecule has 256 valence electrons. The molecule has 12 heteroatoms. The number of anilines is 1. The quantitative estimate of drug-likeness (QED) is 0.139.